The Morgan fingerprint density at radius 2 is 2.24 bits per heavy atom. The number of thioether (sulfide) groups is 1. The van der Waals surface area contributed by atoms with Crippen LogP contribution in [-0.4, -0.2) is 19.7 Å². The van der Waals surface area contributed by atoms with Gasteiger partial charge < -0.3 is 9.30 Å². The van der Waals surface area contributed by atoms with Crippen LogP contribution in [-0.2, 0) is 18.9 Å². The van der Waals surface area contributed by atoms with E-state index in [1.165, 1.54) is 0 Å². The fraction of sp³-hybridized carbons (Fsp3) is 0.167. The van der Waals surface area contributed by atoms with Gasteiger partial charge in [-0.2, -0.15) is 0 Å². The molecule has 0 unspecified atom stereocenters. The number of halogens is 1. The summed E-state index contributed by atoms with van der Waals surface area (Å²) in [5.41, 5.74) is 2.02. The van der Waals surface area contributed by atoms with Gasteiger partial charge in [-0.3, -0.25) is 4.98 Å². The maximum absolute atomic E-state index is 6.15. The van der Waals surface area contributed by atoms with Crippen LogP contribution in [0.3, 0.4) is 0 Å². The van der Waals surface area contributed by atoms with Crippen molar-refractivity contribution < 1.29 is 4.74 Å². The molecule has 0 aliphatic rings. The van der Waals surface area contributed by atoms with Crippen LogP contribution in [0.25, 0.3) is 0 Å². The Hall–Kier alpha value is -2.31. The minimum Gasteiger partial charge on any atom is -0.489 e. The van der Waals surface area contributed by atoms with Gasteiger partial charge in [0.05, 0.1) is 0 Å². The molecule has 3 rings (SSSR count). The van der Waals surface area contributed by atoms with Crippen molar-refractivity contribution in [2.45, 2.75) is 24.1 Å². The quantitative estimate of drug-likeness (QED) is 0.433. The minimum atomic E-state index is 0.458. The molecule has 0 radical (unpaired) electrons. The van der Waals surface area contributed by atoms with Crippen molar-refractivity contribution in [3.05, 3.63) is 77.9 Å². The fourth-order valence-electron chi connectivity index (χ4n) is 2.21. The van der Waals surface area contributed by atoms with Gasteiger partial charge in [0.2, 0.25) is 0 Å². The van der Waals surface area contributed by atoms with Gasteiger partial charge in [0.1, 0.15) is 18.7 Å². The Kier molecular flexibility index (Phi) is 6.09. The Balaban J connectivity index is 1.70. The van der Waals surface area contributed by atoms with Crippen molar-refractivity contribution in [2.75, 3.05) is 0 Å². The molecule has 0 fully saturated rings. The Morgan fingerprint density at radius 3 is 3.04 bits per heavy atom. The van der Waals surface area contributed by atoms with E-state index in [1.54, 1.807) is 30.5 Å². The maximum Gasteiger partial charge on any atom is 0.191 e. The van der Waals surface area contributed by atoms with Crippen LogP contribution >= 0.6 is 23.4 Å². The lowest BCUT2D eigenvalue weighted by Crippen LogP contribution is -1.99. The highest BCUT2D eigenvalue weighted by molar-refractivity contribution is 7.98. The van der Waals surface area contributed by atoms with Gasteiger partial charge in [-0.1, -0.05) is 35.5 Å². The number of benzene rings is 1. The van der Waals surface area contributed by atoms with E-state index in [0.717, 1.165) is 22.0 Å². The van der Waals surface area contributed by atoms with E-state index < -0.39 is 0 Å². The van der Waals surface area contributed by atoms with Crippen LogP contribution in [0.5, 0.6) is 5.75 Å². The van der Waals surface area contributed by atoms with Gasteiger partial charge in [0.25, 0.3) is 0 Å². The molecule has 5 nitrogen and oxygen atoms in total. The first-order valence-corrected chi connectivity index (χ1v) is 9.04. The summed E-state index contributed by atoms with van der Waals surface area (Å²) < 4.78 is 7.90. The van der Waals surface area contributed by atoms with Crippen LogP contribution in [0, 0.1) is 0 Å². The summed E-state index contributed by atoms with van der Waals surface area (Å²) in [4.78, 5) is 4.10. The van der Waals surface area contributed by atoms with E-state index in [1.807, 2.05) is 41.0 Å². The predicted molar refractivity (Wildman–Crippen MR) is 99.8 cm³/mol. The number of hydrogen-bond donors (Lipinski definition) is 0. The molecule has 0 saturated heterocycles. The third kappa shape index (κ3) is 4.84. The van der Waals surface area contributed by atoms with Crippen molar-refractivity contribution in [3.63, 3.8) is 0 Å². The maximum atomic E-state index is 6.15. The van der Waals surface area contributed by atoms with Crippen molar-refractivity contribution in [1.82, 2.24) is 19.7 Å². The first-order chi connectivity index (χ1) is 12.3. The molecule has 0 bridgehead atoms. The summed E-state index contributed by atoms with van der Waals surface area (Å²) in [6, 6.07) is 9.51. The molecule has 25 heavy (non-hydrogen) atoms. The van der Waals surface area contributed by atoms with E-state index in [0.29, 0.717) is 23.9 Å². The van der Waals surface area contributed by atoms with Gasteiger partial charge in [0, 0.05) is 40.8 Å². The average molecular weight is 373 g/mol. The molecule has 0 spiro atoms. The number of nitrogens with zero attached hydrogens (tertiary/aromatic N) is 4. The van der Waals surface area contributed by atoms with Crippen molar-refractivity contribution in [1.29, 1.82) is 0 Å². The fourth-order valence-corrected chi connectivity index (χ4v) is 3.31. The second kappa shape index (κ2) is 8.69. The molecule has 2 heterocycles. The summed E-state index contributed by atoms with van der Waals surface area (Å²) in [6.07, 6.45) is 7.05. The average Bonchev–Trinajstić information content (AvgIpc) is 3.07. The minimum absolute atomic E-state index is 0.458. The SMILES string of the molecule is C=CCn1cnnc1SCc1cc(Cl)ccc1OCc1cccnc1. The van der Waals surface area contributed by atoms with Gasteiger partial charge in [0.15, 0.2) is 5.16 Å². The highest BCUT2D eigenvalue weighted by atomic mass is 35.5. The second-order valence-electron chi connectivity index (χ2n) is 5.25. The molecule has 3 aromatic rings. The van der Waals surface area contributed by atoms with E-state index in [2.05, 4.69) is 21.8 Å². The third-order valence-corrected chi connectivity index (χ3v) is 4.67. The number of pyridine rings is 1. The smallest absolute Gasteiger partial charge is 0.191 e. The zero-order valence-electron chi connectivity index (χ0n) is 13.5. The highest BCUT2D eigenvalue weighted by Gasteiger charge is 2.10. The van der Waals surface area contributed by atoms with Crippen LogP contribution in [0.15, 0.2) is 66.9 Å². The molecule has 0 saturated carbocycles. The molecule has 0 amide bonds. The van der Waals surface area contributed by atoms with Gasteiger partial charge in [-0.15, -0.1) is 16.8 Å². The van der Waals surface area contributed by atoms with Crippen LogP contribution < -0.4 is 4.74 Å². The van der Waals surface area contributed by atoms with Gasteiger partial charge >= 0.3 is 0 Å². The summed E-state index contributed by atoms with van der Waals surface area (Å²) >= 11 is 7.74. The molecular formula is C18H17ClN4OS. The van der Waals surface area contributed by atoms with Crippen LogP contribution in [0.2, 0.25) is 5.02 Å². The molecule has 0 atom stereocenters. The van der Waals surface area contributed by atoms with Crippen LogP contribution in [0.4, 0.5) is 0 Å². The Bertz CT molecular complexity index is 838. The van der Waals surface area contributed by atoms with Gasteiger partial charge in [-0.25, -0.2) is 0 Å². The molecule has 0 aliphatic carbocycles. The lowest BCUT2D eigenvalue weighted by Gasteiger charge is -2.12. The first kappa shape index (κ1) is 17.5. The summed E-state index contributed by atoms with van der Waals surface area (Å²) in [6.45, 7) is 4.88. The summed E-state index contributed by atoms with van der Waals surface area (Å²) in [5, 5.41) is 9.60. The highest BCUT2D eigenvalue weighted by Crippen LogP contribution is 2.30. The molecule has 0 aliphatic heterocycles. The Morgan fingerprint density at radius 1 is 1.32 bits per heavy atom. The topological polar surface area (TPSA) is 52.8 Å². The molecular weight excluding hydrogens is 356 g/mol. The molecule has 2 aromatic heterocycles. The van der Waals surface area contributed by atoms with Crippen molar-refractivity contribution in [3.8, 4) is 5.75 Å². The van der Waals surface area contributed by atoms with E-state index in [9.17, 15) is 0 Å². The molecule has 7 heteroatoms. The zero-order valence-corrected chi connectivity index (χ0v) is 15.1. The predicted octanol–water partition coefficient (Wildman–Crippen LogP) is 4.38. The summed E-state index contributed by atoms with van der Waals surface area (Å²) in [7, 11) is 0. The van der Waals surface area contributed by atoms with E-state index in [4.69, 9.17) is 16.3 Å². The standard InChI is InChI=1S/C18H17ClN4OS/c1-2-8-23-13-21-22-18(23)25-12-15-9-16(19)5-6-17(15)24-11-14-4-3-7-20-10-14/h2-7,9-10,13H,1,8,11-12H2. The first-order valence-electron chi connectivity index (χ1n) is 7.68. The number of aromatic nitrogens is 4. The normalized spacial score (nSPS) is 10.6. The monoisotopic (exact) mass is 372 g/mol. The Labute approximate surface area is 155 Å². The number of ether oxygens (including phenoxy) is 1. The van der Waals surface area contributed by atoms with Crippen molar-refractivity contribution in [2.24, 2.45) is 0 Å². The lowest BCUT2D eigenvalue weighted by molar-refractivity contribution is 0.303. The summed E-state index contributed by atoms with van der Waals surface area (Å²) in [5.74, 6) is 1.48. The number of rotatable bonds is 8. The lowest BCUT2D eigenvalue weighted by atomic mass is 10.2. The van der Waals surface area contributed by atoms with Gasteiger partial charge in [-0.05, 0) is 24.3 Å². The van der Waals surface area contributed by atoms with E-state index in [-0.39, 0.29) is 0 Å². The second-order valence-corrected chi connectivity index (χ2v) is 6.62. The van der Waals surface area contributed by atoms with Crippen molar-refractivity contribution >= 4 is 23.4 Å². The van der Waals surface area contributed by atoms with Crippen LogP contribution in [0.1, 0.15) is 11.1 Å². The number of hydrogen-bond acceptors (Lipinski definition) is 5. The largest absolute Gasteiger partial charge is 0.489 e. The molecule has 128 valence electrons. The third-order valence-electron chi connectivity index (χ3n) is 3.40. The zero-order chi connectivity index (χ0) is 17.5. The number of allylic oxidation sites excluding steroid dienone is 1. The van der Waals surface area contributed by atoms with E-state index >= 15 is 0 Å². The molecule has 1 aromatic carbocycles. The molecule has 0 N–H and O–H groups in total.